The number of piperidine rings is 1. The van der Waals surface area contributed by atoms with Crippen LogP contribution < -0.4 is 15.7 Å². The number of aromatic amines is 1. The van der Waals surface area contributed by atoms with Gasteiger partial charge in [0.05, 0.1) is 10.9 Å². The lowest BCUT2D eigenvalue weighted by molar-refractivity contribution is -0.274. The fraction of sp³-hybridized carbons (Fsp3) is 0.318. The number of para-hydroxylation sites is 1. The molecule has 1 fully saturated rings. The van der Waals surface area contributed by atoms with Gasteiger partial charge in [-0.3, -0.25) is 14.4 Å². The van der Waals surface area contributed by atoms with E-state index in [-0.39, 0.29) is 33.9 Å². The lowest BCUT2D eigenvalue weighted by atomic mass is 9.83. The Hall–Kier alpha value is -3.56. The summed E-state index contributed by atoms with van der Waals surface area (Å²) in [5.41, 5.74) is -0.140. The molecule has 166 valence electrons. The molecule has 0 unspecified atom stereocenters. The molecule has 3 aromatic rings. The van der Waals surface area contributed by atoms with Crippen LogP contribution >= 0.6 is 0 Å². The first-order chi connectivity index (χ1) is 15.2. The predicted octanol–water partition coefficient (Wildman–Crippen LogP) is 2.85. The van der Waals surface area contributed by atoms with E-state index in [2.05, 4.69) is 9.72 Å². The Labute approximate surface area is 179 Å². The Morgan fingerprint density at radius 1 is 1.06 bits per heavy atom. The van der Waals surface area contributed by atoms with Crippen LogP contribution in [0.3, 0.4) is 0 Å². The van der Waals surface area contributed by atoms with Crippen LogP contribution in [0.15, 0.2) is 52.2 Å². The molecule has 2 aliphatic heterocycles. The number of amides is 1. The number of rotatable bonds is 2. The highest BCUT2D eigenvalue weighted by Gasteiger charge is 2.37. The molecule has 1 N–H and O–H groups in total. The molecule has 0 radical (unpaired) electrons. The molecule has 0 spiro atoms. The molecular weight excluding hydrogens is 427 g/mol. The number of pyridine rings is 2. The monoisotopic (exact) mass is 445 g/mol. The smallest absolute Gasteiger partial charge is 0.404 e. The quantitative estimate of drug-likeness (QED) is 0.658. The lowest BCUT2D eigenvalue weighted by Crippen LogP contribution is -2.49. The van der Waals surface area contributed by atoms with Crippen LogP contribution in [0.5, 0.6) is 5.75 Å². The summed E-state index contributed by atoms with van der Waals surface area (Å²) in [6.07, 6.45) is -2.93. The maximum Gasteiger partial charge on any atom is 0.573 e. The minimum atomic E-state index is -4.91. The van der Waals surface area contributed by atoms with E-state index in [1.807, 2.05) is 6.07 Å². The molecule has 0 saturated carbocycles. The number of nitrogens with zero attached hydrogens (tertiary/aromatic N) is 2. The summed E-state index contributed by atoms with van der Waals surface area (Å²) in [6.45, 7) is 1.25. The minimum absolute atomic E-state index is 0.0216. The number of ether oxygens (including phenoxy) is 1. The topological polar surface area (TPSA) is 84.4 Å². The van der Waals surface area contributed by atoms with E-state index < -0.39 is 23.4 Å². The zero-order valence-corrected chi connectivity index (χ0v) is 16.7. The first-order valence-electron chi connectivity index (χ1n) is 10.1. The van der Waals surface area contributed by atoms with E-state index in [4.69, 9.17) is 0 Å². The van der Waals surface area contributed by atoms with Crippen molar-refractivity contribution in [1.29, 1.82) is 0 Å². The summed E-state index contributed by atoms with van der Waals surface area (Å²) < 4.78 is 43.7. The summed E-state index contributed by atoms with van der Waals surface area (Å²) in [5, 5.41) is -0.0632. The molecule has 32 heavy (non-hydrogen) atoms. The van der Waals surface area contributed by atoms with Crippen LogP contribution in [0.2, 0.25) is 0 Å². The molecule has 1 amide bonds. The van der Waals surface area contributed by atoms with Gasteiger partial charge in [-0.1, -0.05) is 12.1 Å². The Bertz CT molecular complexity index is 1340. The van der Waals surface area contributed by atoms with Crippen molar-refractivity contribution in [3.8, 4) is 5.75 Å². The van der Waals surface area contributed by atoms with Gasteiger partial charge >= 0.3 is 6.36 Å². The predicted molar refractivity (Wildman–Crippen MR) is 109 cm³/mol. The molecule has 7 nitrogen and oxygen atoms in total. The van der Waals surface area contributed by atoms with Gasteiger partial charge in [-0.05, 0) is 30.5 Å². The van der Waals surface area contributed by atoms with Gasteiger partial charge < -0.3 is 19.2 Å². The van der Waals surface area contributed by atoms with Crippen molar-refractivity contribution in [1.82, 2.24) is 14.5 Å². The molecule has 2 aliphatic rings. The molecule has 10 heteroatoms. The number of carbonyl (C=O) groups is 1. The van der Waals surface area contributed by atoms with Gasteiger partial charge in [0.1, 0.15) is 5.56 Å². The van der Waals surface area contributed by atoms with E-state index in [1.165, 1.54) is 18.2 Å². The average Bonchev–Trinajstić information content (AvgIpc) is 2.74. The third-order valence-corrected chi connectivity index (χ3v) is 6.10. The highest BCUT2D eigenvalue weighted by molar-refractivity contribution is 5.98. The molecular formula is C22H18F3N3O4. The van der Waals surface area contributed by atoms with Crippen molar-refractivity contribution >= 4 is 16.8 Å². The maximum absolute atomic E-state index is 13.2. The highest BCUT2D eigenvalue weighted by Crippen LogP contribution is 2.35. The van der Waals surface area contributed by atoms with Gasteiger partial charge in [0.2, 0.25) is 5.43 Å². The van der Waals surface area contributed by atoms with E-state index >= 15 is 0 Å². The molecule has 2 bridgehead atoms. The standard InChI is InChI=1S/C22H18F3N3O4/c23-22(24,25)32-17-5-1-3-14-19(17)26-8-15(20(14)30)21(31)27-9-12-7-13(11-27)16-4-2-6-18(29)28(16)10-12/h1-6,8,12-13H,7,9-11H2,(H,26,30)/t12-,13+/m1/s1. The van der Waals surface area contributed by atoms with Crippen molar-refractivity contribution < 1.29 is 22.7 Å². The largest absolute Gasteiger partial charge is 0.573 e. The Morgan fingerprint density at radius 2 is 1.84 bits per heavy atom. The first-order valence-corrected chi connectivity index (χ1v) is 10.1. The fourth-order valence-electron chi connectivity index (χ4n) is 4.83. The van der Waals surface area contributed by atoms with Crippen molar-refractivity contribution in [2.75, 3.05) is 13.1 Å². The van der Waals surface area contributed by atoms with Crippen LogP contribution in [0.1, 0.15) is 28.4 Å². The van der Waals surface area contributed by atoms with Gasteiger partial charge in [-0.15, -0.1) is 13.2 Å². The summed E-state index contributed by atoms with van der Waals surface area (Å²) in [5.74, 6) is -0.972. The van der Waals surface area contributed by atoms with E-state index in [9.17, 15) is 27.6 Å². The zero-order valence-electron chi connectivity index (χ0n) is 16.7. The number of aromatic nitrogens is 2. The second-order valence-corrected chi connectivity index (χ2v) is 8.17. The number of nitrogens with one attached hydrogen (secondary N) is 1. The highest BCUT2D eigenvalue weighted by atomic mass is 19.4. The van der Waals surface area contributed by atoms with Crippen LogP contribution in [-0.2, 0) is 6.54 Å². The molecule has 2 atom stereocenters. The van der Waals surface area contributed by atoms with E-state index in [0.717, 1.165) is 24.4 Å². The molecule has 0 aliphatic carbocycles. The fourth-order valence-corrected chi connectivity index (χ4v) is 4.83. The number of halogens is 3. The number of fused-ring (bicyclic) bond motifs is 5. The second kappa shape index (κ2) is 7.25. The van der Waals surface area contributed by atoms with Crippen LogP contribution in [-0.4, -0.2) is 39.8 Å². The minimum Gasteiger partial charge on any atom is -0.404 e. The molecule has 5 rings (SSSR count). The van der Waals surface area contributed by atoms with Crippen LogP contribution in [0, 0.1) is 5.92 Å². The number of hydrogen-bond donors (Lipinski definition) is 1. The van der Waals surface area contributed by atoms with Gasteiger partial charge in [-0.25, -0.2) is 0 Å². The van der Waals surface area contributed by atoms with Crippen molar-refractivity contribution in [2.24, 2.45) is 5.92 Å². The van der Waals surface area contributed by atoms with E-state index in [1.54, 1.807) is 15.5 Å². The zero-order chi connectivity index (χ0) is 22.6. The molecule has 2 aromatic heterocycles. The number of carbonyl (C=O) groups excluding carboxylic acids is 1. The summed E-state index contributed by atoms with van der Waals surface area (Å²) in [6, 6.07) is 8.80. The second-order valence-electron chi connectivity index (χ2n) is 8.17. The summed E-state index contributed by atoms with van der Waals surface area (Å²) in [4.78, 5) is 42.6. The van der Waals surface area contributed by atoms with Crippen molar-refractivity contribution in [2.45, 2.75) is 25.2 Å². The number of benzene rings is 1. The summed E-state index contributed by atoms with van der Waals surface area (Å²) in [7, 11) is 0. The first kappa shape index (κ1) is 20.3. The van der Waals surface area contributed by atoms with Gasteiger partial charge in [0.15, 0.2) is 5.75 Å². The van der Waals surface area contributed by atoms with Gasteiger partial charge in [-0.2, -0.15) is 0 Å². The number of hydrogen-bond acceptors (Lipinski definition) is 4. The number of alkyl halides is 3. The van der Waals surface area contributed by atoms with Crippen molar-refractivity contribution in [3.63, 3.8) is 0 Å². The molecule has 1 saturated heterocycles. The molecule has 1 aromatic carbocycles. The van der Waals surface area contributed by atoms with Gasteiger partial charge in [0.25, 0.3) is 11.5 Å². The lowest BCUT2D eigenvalue weighted by Gasteiger charge is -2.42. The third-order valence-electron chi connectivity index (χ3n) is 6.10. The number of H-pyrrole nitrogens is 1. The Balaban J connectivity index is 1.48. The third kappa shape index (κ3) is 3.45. The normalized spacial score (nSPS) is 20.2. The van der Waals surface area contributed by atoms with Crippen molar-refractivity contribution in [3.05, 3.63) is 74.4 Å². The van der Waals surface area contributed by atoms with Gasteiger partial charge in [0, 0.05) is 43.5 Å². The maximum atomic E-state index is 13.2. The Kier molecular flexibility index (Phi) is 4.61. The average molecular weight is 445 g/mol. The van der Waals surface area contributed by atoms with Crippen LogP contribution in [0.4, 0.5) is 13.2 Å². The van der Waals surface area contributed by atoms with Crippen LogP contribution in [0.25, 0.3) is 10.9 Å². The summed E-state index contributed by atoms with van der Waals surface area (Å²) >= 11 is 0. The number of likely N-dealkylation sites (tertiary alicyclic amines) is 1. The van der Waals surface area contributed by atoms with E-state index in [0.29, 0.717) is 19.6 Å². The SMILES string of the molecule is O=C(c1c[nH]c2c(OC(F)(F)F)cccc2c1=O)N1C[C@H]2C[C@@H](C1)c1cccc(=O)n1C2. The molecule has 4 heterocycles. The Morgan fingerprint density at radius 3 is 2.62 bits per heavy atom.